The normalized spacial score (nSPS) is 11.6. The summed E-state index contributed by atoms with van der Waals surface area (Å²) in [6.07, 6.45) is 3.09. The molecule has 23 heavy (non-hydrogen) atoms. The molecule has 0 saturated heterocycles. The van der Waals surface area contributed by atoms with E-state index in [1.165, 1.54) is 37.0 Å². The fourth-order valence-electron chi connectivity index (χ4n) is 3.14. The van der Waals surface area contributed by atoms with Gasteiger partial charge in [0, 0.05) is 18.2 Å². The average molecular weight is 317 g/mol. The van der Waals surface area contributed by atoms with Gasteiger partial charge in [-0.3, -0.25) is 0 Å². The third-order valence-corrected chi connectivity index (χ3v) is 5.22. The van der Waals surface area contributed by atoms with Crippen molar-refractivity contribution in [3.05, 3.63) is 65.8 Å². The summed E-state index contributed by atoms with van der Waals surface area (Å²) in [5.74, 6) is 0.641. The van der Waals surface area contributed by atoms with E-state index in [0.29, 0.717) is 5.92 Å². The van der Waals surface area contributed by atoms with Crippen LogP contribution in [0.3, 0.4) is 0 Å². The Bertz CT molecular complexity index is 981. The van der Waals surface area contributed by atoms with E-state index in [9.17, 15) is 0 Å². The molecule has 0 unspecified atom stereocenters. The standard InChI is InChI=1S/C21H19NS/c1-14(2)11-21-22-13-20(23-21)19-12-15-7-3-4-8-16(15)17-9-5-6-10-18(17)19/h3-10,12-14H,11H2,1-2H3. The first-order valence-electron chi connectivity index (χ1n) is 8.08. The molecular formula is C21H19NS. The van der Waals surface area contributed by atoms with Crippen LogP contribution in [0.4, 0.5) is 0 Å². The number of rotatable bonds is 3. The number of benzene rings is 3. The molecular weight excluding hydrogens is 298 g/mol. The van der Waals surface area contributed by atoms with E-state index < -0.39 is 0 Å². The highest BCUT2D eigenvalue weighted by Crippen LogP contribution is 2.37. The van der Waals surface area contributed by atoms with E-state index in [1.54, 1.807) is 0 Å². The lowest BCUT2D eigenvalue weighted by molar-refractivity contribution is 0.644. The number of hydrogen-bond acceptors (Lipinski definition) is 2. The summed E-state index contributed by atoms with van der Waals surface area (Å²) in [4.78, 5) is 5.90. The molecule has 0 aliphatic rings. The molecule has 114 valence electrons. The molecule has 3 aromatic carbocycles. The Labute approximate surface area is 140 Å². The zero-order valence-corrected chi connectivity index (χ0v) is 14.2. The zero-order chi connectivity index (χ0) is 15.8. The number of nitrogens with zero attached hydrogens (tertiary/aromatic N) is 1. The molecule has 4 rings (SSSR count). The first-order valence-corrected chi connectivity index (χ1v) is 8.89. The van der Waals surface area contributed by atoms with Crippen molar-refractivity contribution in [2.75, 3.05) is 0 Å². The van der Waals surface area contributed by atoms with Crippen LogP contribution >= 0.6 is 11.3 Å². The van der Waals surface area contributed by atoms with Crippen LogP contribution in [-0.4, -0.2) is 4.98 Å². The highest BCUT2D eigenvalue weighted by molar-refractivity contribution is 7.15. The Morgan fingerprint density at radius 2 is 1.61 bits per heavy atom. The van der Waals surface area contributed by atoms with Gasteiger partial charge in [-0.25, -0.2) is 4.98 Å². The van der Waals surface area contributed by atoms with Crippen LogP contribution in [0.5, 0.6) is 0 Å². The molecule has 1 nitrogen and oxygen atoms in total. The van der Waals surface area contributed by atoms with Crippen molar-refractivity contribution in [1.29, 1.82) is 0 Å². The van der Waals surface area contributed by atoms with Gasteiger partial charge in [-0.05, 0) is 33.5 Å². The highest BCUT2D eigenvalue weighted by Gasteiger charge is 2.11. The summed E-state index contributed by atoms with van der Waals surface area (Å²) >= 11 is 1.83. The Morgan fingerprint density at radius 3 is 2.39 bits per heavy atom. The highest BCUT2D eigenvalue weighted by atomic mass is 32.1. The fourth-order valence-corrected chi connectivity index (χ4v) is 4.30. The minimum Gasteiger partial charge on any atom is -0.249 e. The second-order valence-electron chi connectivity index (χ2n) is 6.41. The summed E-state index contributed by atoms with van der Waals surface area (Å²) in [7, 11) is 0. The maximum atomic E-state index is 4.64. The maximum absolute atomic E-state index is 4.64. The summed E-state index contributed by atoms with van der Waals surface area (Å²) in [5.41, 5.74) is 1.30. The number of hydrogen-bond donors (Lipinski definition) is 0. The largest absolute Gasteiger partial charge is 0.249 e. The lowest BCUT2D eigenvalue weighted by Gasteiger charge is -2.09. The molecule has 0 atom stereocenters. The predicted molar refractivity (Wildman–Crippen MR) is 101 cm³/mol. The Morgan fingerprint density at radius 1 is 0.913 bits per heavy atom. The molecule has 0 fully saturated rings. The van der Waals surface area contributed by atoms with Crippen LogP contribution in [0.15, 0.2) is 60.8 Å². The molecule has 0 saturated carbocycles. The monoisotopic (exact) mass is 317 g/mol. The van der Waals surface area contributed by atoms with Crippen LogP contribution in [0.25, 0.3) is 32.0 Å². The van der Waals surface area contributed by atoms with Gasteiger partial charge in [0.15, 0.2) is 0 Å². The number of fused-ring (bicyclic) bond motifs is 3. The minimum atomic E-state index is 0.641. The smallest absolute Gasteiger partial charge is 0.0933 e. The molecule has 1 aromatic heterocycles. The number of aromatic nitrogens is 1. The maximum Gasteiger partial charge on any atom is 0.0933 e. The first kappa shape index (κ1) is 14.4. The third-order valence-electron chi connectivity index (χ3n) is 4.17. The van der Waals surface area contributed by atoms with E-state index in [1.807, 2.05) is 17.5 Å². The Balaban J connectivity index is 1.96. The van der Waals surface area contributed by atoms with Crippen LogP contribution in [-0.2, 0) is 6.42 Å². The van der Waals surface area contributed by atoms with E-state index in [4.69, 9.17) is 0 Å². The topological polar surface area (TPSA) is 12.9 Å². The minimum absolute atomic E-state index is 0.641. The molecule has 2 heteroatoms. The van der Waals surface area contributed by atoms with E-state index in [-0.39, 0.29) is 0 Å². The summed E-state index contributed by atoms with van der Waals surface area (Å²) < 4.78 is 0. The van der Waals surface area contributed by atoms with Crippen molar-refractivity contribution < 1.29 is 0 Å². The van der Waals surface area contributed by atoms with Gasteiger partial charge in [0.2, 0.25) is 0 Å². The molecule has 1 heterocycles. The summed E-state index contributed by atoms with van der Waals surface area (Å²) in [6, 6.07) is 19.6. The van der Waals surface area contributed by atoms with Gasteiger partial charge in [0.1, 0.15) is 0 Å². The van der Waals surface area contributed by atoms with Crippen LogP contribution < -0.4 is 0 Å². The van der Waals surface area contributed by atoms with Crippen LogP contribution in [0, 0.1) is 5.92 Å². The van der Waals surface area contributed by atoms with E-state index in [2.05, 4.69) is 73.4 Å². The third kappa shape index (κ3) is 2.64. The van der Waals surface area contributed by atoms with Crippen molar-refractivity contribution in [3.63, 3.8) is 0 Å². The van der Waals surface area contributed by atoms with Gasteiger partial charge >= 0.3 is 0 Å². The van der Waals surface area contributed by atoms with E-state index >= 15 is 0 Å². The van der Waals surface area contributed by atoms with Gasteiger partial charge < -0.3 is 0 Å². The zero-order valence-electron chi connectivity index (χ0n) is 13.4. The van der Waals surface area contributed by atoms with Gasteiger partial charge in [-0.1, -0.05) is 62.4 Å². The first-order chi connectivity index (χ1) is 11.2. The second-order valence-corrected chi connectivity index (χ2v) is 7.52. The van der Waals surface area contributed by atoms with Crippen molar-refractivity contribution >= 4 is 32.9 Å². The SMILES string of the molecule is CC(C)Cc1ncc(-c2cc3ccccc3c3ccccc23)s1. The fraction of sp³-hybridized carbons (Fsp3) is 0.190. The van der Waals surface area contributed by atoms with Crippen LogP contribution in [0.1, 0.15) is 18.9 Å². The molecule has 0 N–H and O–H groups in total. The quantitative estimate of drug-likeness (QED) is 0.403. The molecule has 0 aliphatic carbocycles. The van der Waals surface area contributed by atoms with Gasteiger partial charge in [-0.15, -0.1) is 11.3 Å². The molecule has 0 amide bonds. The van der Waals surface area contributed by atoms with E-state index in [0.717, 1.165) is 6.42 Å². The van der Waals surface area contributed by atoms with Gasteiger partial charge in [0.25, 0.3) is 0 Å². The molecule has 0 bridgehead atoms. The summed E-state index contributed by atoms with van der Waals surface area (Å²) in [6.45, 7) is 4.49. The van der Waals surface area contributed by atoms with Gasteiger partial charge in [-0.2, -0.15) is 0 Å². The molecule has 0 aliphatic heterocycles. The molecule has 0 spiro atoms. The lowest BCUT2D eigenvalue weighted by Crippen LogP contribution is -1.91. The average Bonchev–Trinajstić information content (AvgIpc) is 3.01. The lowest BCUT2D eigenvalue weighted by atomic mass is 9.97. The Kier molecular flexibility index (Phi) is 3.62. The van der Waals surface area contributed by atoms with Crippen molar-refractivity contribution in [1.82, 2.24) is 4.98 Å². The molecule has 4 aromatic rings. The predicted octanol–water partition coefficient (Wildman–Crippen LogP) is 6.32. The number of thiazole rings is 1. The van der Waals surface area contributed by atoms with Gasteiger partial charge in [0.05, 0.1) is 9.88 Å². The Hall–Kier alpha value is -2.19. The van der Waals surface area contributed by atoms with Crippen molar-refractivity contribution in [3.8, 4) is 10.4 Å². The summed E-state index contributed by atoms with van der Waals surface area (Å²) in [5, 5.41) is 6.47. The van der Waals surface area contributed by atoms with Crippen molar-refractivity contribution in [2.45, 2.75) is 20.3 Å². The molecule has 0 radical (unpaired) electrons. The second kappa shape index (κ2) is 5.78. The van der Waals surface area contributed by atoms with Crippen LogP contribution in [0.2, 0.25) is 0 Å². The van der Waals surface area contributed by atoms with Crippen molar-refractivity contribution in [2.24, 2.45) is 5.92 Å².